The molecule has 0 atom stereocenters. The van der Waals surface area contributed by atoms with E-state index in [0.717, 1.165) is 36.2 Å². The number of hydrogen-bond donors (Lipinski definition) is 1. The molecule has 0 spiro atoms. The SMILES string of the molecule is CC(C)(CN)CCCOc1ccc2cc(Br)ccc2c1. The van der Waals surface area contributed by atoms with Crippen molar-refractivity contribution < 1.29 is 4.74 Å². The van der Waals surface area contributed by atoms with Gasteiger partial charge in [0.05, 0.1) is 6.61 Å². The molecule has 0 heterocycles. The van der Waals surface area contributed by atoms with Crippen molar-refractivity contribution in [3.05, 3.63) is 40.9 Å². The van der Waals surface area contributed by atoms with Crippen LogP contribution in [0.5, 0.6) is 5.75 Å². The van der Waals surface area contributed by atoms with Gasteiger partial charge in [-0.3, -0.25) is 0 Å². The zero-order chi connectivity index (χ0) is 14.6. The fraction of sp³-hybridized carbons (Fsp3) is 0.412. The summed E-state index contributed by atoms with van der Waals surface area (Å²) in [6.07, 6.45) is 2.12. The smallest absolute Gasteiger partial charge is 0.119 e. The first-order valence-electron chi connectivity index (χ1n) is 7.02. The number of ether oxygens (including phenoxy) is 1. The highest BCUT2D eigenvalue weighted by molar-refractivity contribution is 9.10. The highest BCUT2D eigenvalue weighted by Gasteiger charge is 2.14. The Morgan fingerprint density at radius 2 is 1.80 bits per heavy atom. The average Bonchev–Trinajstić information content (AvgIpc) is 2.43. The second kappa shape index (κ2) is 6.59. The molecule has 0 amide bonds. The van der Waals surface area contributed by atoms with Crippen molar-refractivity contribution in [3.8, 4) is 5.75 Å². The van der Waals surface area contributed by atoms with Gasteiger partial charge in [0.25, 0.3) is 0 Å². The molecule has 0 bridgehead atoms. The summed E-state index contributed by atoms with van der Waals surface area (Å²) in [5.74, 6) is 0.936. The molecule has 0 saturated heterocycles. The molecule has 20 heavy (non-hydrogen) atoms. The number of fused-ring (bicyclic) bond motifs is 1. The Morgan fingerprint density at radius 1 is 1.10 bits per heavy atom. The van der Waals surface area contributed by atoms with Gasteiger partial charge in [0.2, 0.25) is 0 Å². The van der Waals surface area contributed by atoms with Crippen molar-refractivity contribution in [3.63, 3.8) is 0 Å². The number of hydrogen-bond acceptors (Lipinski definition) is 2. The second-order valence-electron chi connectivity index (χ2n) is 5.97. The lowest BCUT2D eigenvalue weighted by atomic mass is 9.88. The summed E-state index contributed by atoms with van der Waals surface area (Å²) in [5.41, 5.74) is 5.94. The van der Waals surface area contributed by atoms with Crippen LogP contribution in [0.2, 0.25) is 0 Å². The van der Waals surface area contributed by atoms with Gasteiger partial charge < -0.3 is 10.5 Å². The minimum Gasteiger partial charge on any atom is -0.494 e. The molecular formula is C17H22BrNO. The number of rotatable bonds is 6. The zero-order valence-electron chi connectivity index (χ0n) is 12.2. The van der Waals surface area contributed by atoms with Crippen LogP contribution in [0, 0.1) is 5.41 Å². The van der Waals surface area contributed by atoms with Gasteiger partial charge in [0.15, 0.2) is 0 Å². The van der Waals surface area contributed by atoms with E-state index >= 15 is 0 Å². The first-order chi connectivity index (χ1) is 9.50. The van der Waals surface area contributed by atoms with E-state index in [-0.39, 0.29) is 5.41 Å². The van der Waals surface area contributed by atoms with E-state index in [2.05, 4.69) is 60.1 Å². The van der Waals surface area contributed by atoms with Gasteiger partial charge in [-0.25, -0.2) is 0 Å². The maximum absolute atomic E-state index is 5.83. The predicted molar refractivity (Wildman–Crippen MR) is 89.2 cm³/mol. The van der Waals surface area contributed by atoms with Gasteiger partial charge in [-0.05, 0) is 59.8 Å². The predicted octanol–water partition coefficient (Wildman–Crippen LogP) is 4.75. The summed E-state index contributed by atoms with van der Waals surface area (Å²) in [7, 11) is 0. The fourth-order valence-corrected chi connectivity index (χ4v) is 2.51. The van der Waals surface area contributed by atoms with Crippen molar-refractivity contribution in [2.75, 3.05) is 13.2 Å². The van der Waals surface area contributed by atoms with E-state index in [0.29, 0.717) is 0 Å². The summed E-state index contributed by atoms with van der Waals surface area (Å²) >= 11 is 3.49. The van der Waals surface area contributed by atoms with Gasteiger partial charge in [-0.1, -0.05) is 41.9 Å². The van der Waals surface area contributed by atoms with Gasteiger partial charge in [-0.15, -0.1) is 0 Å². The monoisotopic (exact) mass is 335 g/mol. The molecule has 0 saturated carbocycles. The third kappa shape index (κ3) is 4.22. The number of halogens is 1. The van der Waals surface area contributed by atoms with E-state index in [1.54, 1.807) is 0 Å². The third-order valence-electron chi connectivity index (χ3n) is 3.59. The molecule has 0 aliphatic heterocycles. The Morgan fingerprint density at radius 3 is 2.55 bits per heavy atom. The van der Waals surface area contributed by atoms with Crippen molar-refractivity contribution in [1.29, 1.82) is 0 Å². The van der Waals surface area contributed by atoms with E-state index < -0.39 is 0 Å². The van der Waals surface area contributed by atoms with Crippen molar-refractivity contribution in [2.24, 2.45) is 11.1 Å². The number of benzene rings is 2. The van der Waals surface area contributed by atoms with Crippen LogP contribution in [0.3, 0.4) is 0 Å². The Hall–Kier alpha value is -1.06. The maximum atomic E-state index is 5.83. The largest absolute Gasteiger partial charge is 0.494 e. The van der Waals surface area contributed by atoms with Crippen LogP contribution in [0.25, 0.3) is 10.8 Å². The Labute approximate surface area is 129 Å². The molecular weight excluding hydrogens is 314 g/mol. The van der Waals surface area contributed by atoms with Gasteiger partial charge >= 0.3 is 0 Å². The van der Waals surface area contributed by atoms with Crippen LogP contribution in [0.15, 0.2) is 40.9 Å². The lowest BCUT2D eigenvalue weighted by Crippen LogP contribution is -2.23. The molecule has 108 valence electrons. The summed E-state index contributed by atoms with van der Waals surface area (Å²) in [5, 5.41) is 2.42. The minimum absolute atomic E-state index is 0.207. The molecule has 2 aromatic carbocycles. The average molecular weight is 336 g/mol. The van der Waals surface area contributed by atoms with Crippen LogP contribution in [-0.4, -0.2) is 13.2 Å². The number of nitrogens with two attached hydrogens (primary N) is 1. The molecule has 0 aliphatic carbocycles. The topological polar surface area (TPSA) is 35.2 Å². The van der Waals surface area contributed by atoms with Crippen molar-refractivity contribution >= 4 is 26.7 Å². The molecule has 3 heteroatoms. The van der Waals surface area contributed by atoms with E-state index in [1.165, 1.54) is 10.8 Å². The van der Waals surface area contributed by atoms with Crippen LogP contribution >= 0.6 is 15.9 Å². The Kier molecular flexibility index (Phi) is 5.06. The van der Waals surface area contributed by atoms with E-state index in [1.807, 2.05) is 6.07 Å². The molecule has 0 fully saturated rings. The maximum Gasteiger partial charge on any atom is 0.119 e. The standard InChI is InChI=1S/C17H22BrNO/c1-17(2,12-19)8-3-9-20-16-7-5-13-10-15(18)6-4-14(13)11-16/h4-7,10-11H,3,8-9,12,19H2,1-2H3. The van der Waals surface area contributed by atoms with Crippen LogP contribution in [-0.2, 0) is 0 Å². The van der Waals surface area contributed by atoms with E-state index in [9.17, 15) is 0 Å². The third-order valence-corrected chi connectivity index (χ3v) is 4.09. The van der Waals surface area contributed by atoms with Crippen LogP contribution in [0.4, 0.5) is 0 Å². The van der Waals surface area contributed by atoms with Crippen molar-refractivity contribution in [1.82, 2.24) is 0 Å². The molecule has 0 unspecified atom stereocenters. The molecule has 0 aliphatic rings. The summed E-state index contributed by atoms with van der Waals surface area (Å²) in [4.78, 5) is 0. The van der Waals surface area contributed by atoms with E-state index in [4.69, 9.17) is 10.5 Å². The van der Waals surface area contributed by atoms with Gasteiger partial charge in [0.1, 0.15) is 5.75 Å². The molecule has 0 radical (unpaired) electrons. The van der Waals surface area contributed by atoms with Crippen LogP contribution < -0.4 is 10.5 Å². The Balaban J connectivity index is 1.92. The first kappa shape index (κ1) is 15.3. The quantitative estimate of drug-likeness (QED) is 0.773. The molecule has 2 nitrogen and oxygen atoms in total. The summed E-state index contributed by atoms with van der Waals surface area (Å²) in [6.45, 7) is 5.85. The fourth-order valence-electron chi connectivity index (χ4n) is 2.13. The molecule has 0 aromatic heterocycles. The summed E-state index contributed by atoms with van der Waals surface area (Å²) < 4.78 is 6.93. The highest BCUT2D eigenvalue weighted by atomic mass is 79.9. The van der Waals surface area contributed by atoms with Gasteiger partial charge in [0, 0.05) is 4.47 Å². The normalized spacial score (nSPS) is 11.8. The van der Waals surface area contributed by atoms with Crippen molar-refractivity contribution in [2.45, 2.75) is 26.7 Å². The Bertz CT molecular complexity index is 580. The first-order valence-corrected chi connectivity index (χ1v) is 7.82. The molecule has 2 rings (SSSR count). The highest BCUT2D eigenvalue weighted by Crippen LogP contribution is 2.25. The molecule has 2 N–H and O–H groups in total. The lowest BCUT2D eigenvalue weighted by Gasteiger charge is -2.21. The van der Waals surface area contributed by atoms with Crippen LogP contribution in [0.1, 0.15) is 26.7 Å². The summed E-state index contributed by atoms with van der Waals surface area (Å²) in [6, 6.07) is 12.5. The zero-order valence-corrected chi connectivity index (χ0v) is 13.7. The lowest BCUT2D eigenvalue weighted by molar-refractivity contribution is 0.261. The molecule has 2 aromatic rings. The minimum atomic E-state index is 0.207. The second-order valence-corrected chi connectivity index (χ2v) is 6.89. The van der Waals surface area contributed by atoms with Gasteiger partial charge in [-0.2, -0.15) is 0 Å².